The van der Waals surface area contributed by atoms with Crippen LogP contribution >= 0.6 is 11.6 Å². The fourth-order valence-electron chi connectivity index (χ4n) is 2.19. The summed E-state index contributed by atoms with van der Waals surface area (Å²) in [6.45, 7) is 3.56. The summed E-state index contributed by atoms with van der Waals surface area (Å²) in [5.41, 5.74) is -0.540. The quantitative estimate of drug-likeness (QED) is 0.607. The van der Waals surface area contributed by atoms with Crippen LogP contribution in [0.1, 0.15) is 19.5 Å². The van der Waals surface area contributed by atoms with Crippen LogP contribution in [0.2, 0.25) is 5.02 Å². The maximum atomic E-state index is 12.7. The lowest BCUT2D eigenvalue weighted by Gasteiger charge is -2.29. The zero-order chi connectivity index (χ0) is 17.4. The molecule has 0 aliphatic heterocycles. The van der Waals surface area contributed by atoms with Gasteiger partial charge in [0.2, 0.25) is 5.91 Å². The van der Waals surface area contributed by atoms with Crippen molar-refractivity contribution < 1.29 is 9.72 Å². The van der Waals surface area contributed by atoms with Crippen LogP contribution in [0.4, 0.5) is 5.69 Å². The van der Waals surface area contributed by atoms with E-state index in [4.69, 9.17) is 11.6 Å². The number of nitro groups is 1. The molecule has 10 heteroatoms. The molecule has 23 heavy (non-hydrogen) atoms. The Morgan fingerprint density at radius 3 is 2.57 bits per heavy atom. The Kier molecular flexibility index (Phi) is 4.42. The van der Waals surface area contributed by atoms with Gasteiger partial charge in [0.15, 0.2) is 0 Å². The molecule has 0 saturated heterocycles. The first-order valence-electron chi connectivity index (χ1n) is 6.76. The highest BCUT2D eigenvalue weighted by atomic mass is 35.5. The highest BCUT2D eigenvalue weighted by molar-refractivity contribution is 6.31. The van der Waals surface area contributed by atoms with Gasteiger partial charge in [0.05, 0.1) is 28.4 Å². The van der Waals surface area contributed by atoms with Crippen molar-refractivity contribution in [2.75, 3.05) is 7.05 Å². The molecule has 2 rings (SSSR count). The smallest absolute Gasteiger partial charge is 0.307 e. The van der Waals surface area contributed by atoms with E-state index in [9.17, 15) is 14.9 Å². The van der Waals surface area contributed by atoms with E-state index in [1.807, 2.05) is 0 Å². The van der Waals surface area contributed by atoms with Crippen LogP contribution in [0.3, 0.4) is 0 Å². The van der Waals surface area contributed by atoms with Gasteiger partial charge in [-0.25, -0.2) is 0 Å². The highest BCUT2D eigenvalue weighted by Crippen LogP contribution is 2.23. The average Bonchev–Trinajstić information content (AvgIpc) is 3.09. The fraction of sp³-hybridized carbons (Fsp3) is 0.462. The van der Waals surface area contributed by atoms with Crippen LogP contribution in [-0.4, -0.2) is 42.3 Å². The molecule has 0 radical (unpaired) electrons. The molecular weight excluding hydrogens is 324 g/mol. The summed E-state index contributed by atoms with van der Waals surface area (Å²) >= 11 is 6.05. The number of hydrogen-bond donors (Lipinski definition) is 0. The molecule has 2 heterocycles. The maximum absolute atomic E-state index is 12.7. The molecule has 0 aliphatic carbocycles. The number of hydrogen-bond acceptors (Lipinski definition) is 5. The first-order chi connectivity index (χ1) is 10.6. The standard InChI is InChI=1S/C13H17ClN6O3/c1-13(2,19-7-9(5-16-19)20(22)23)12(21)17(3)8-11-10(14)6-15-18(11)4/h5-7H,8H2,1-4H3. The third-order valence-electron chi connectivity index (χ3n) is 3.62. The number of rotatable bonds is 5. The maximum Gasteiger partial charge on any atom is 0.307 e. The highest BCUT2D eigenvalue weighted by Gasteiger charge is 2.34. The van der Waals surface area contributed by atoms with Gasteiger partial charge in [-0.2, -0.15) is 10.2 Å². The molecule has 0 fully saturated rings. The van der Waals surface area contributed by atoms with Crippen molar-refractivity contribution in [3.8, 4) is 0 Å². The van der Waals surface area contributed by atoms with Gasteiger partial charge >= 0.3 is 5.69 Å². The van der Waals surface area contributed by atoms with Crippen molar-refractivity contribution in [1.29, 1.82) is 0 Å². The van der Waals surface area contributed by atoms with E-state index in [1.54, 1.807) is 32.6 Å². The van der Waals surface area contributed by atoms with E-state index in [2.05, 4.69) is 10.2 Å². The summed E-state index contributed by atoms with van der Waals surface area (Å²) in [7, 11) is 3.37. The van der Waals surface area contributed by atoms with Gasteiger partial charge in [-0.05, 0) is 13.8 Å². The molecule has 0 bridgehead atoms. The second-order valence-electron chi connectivity index (χ2n) is 5.68. The predicted octanol–water partition coefficient (Wildman–Crippen LogP) is 1.57. The van der Waals surface area contributed by atoms with E-state index in [-0.39, 0.29) is 18.1 Å². The van der Waals surface area contributed by atoms with Gasteiger partial charge in [0.1, 0.15) is 17.9 Å². The minimum Gasteiger partial charge on any atom is -0.338 e. The predicted molar refractivity (Wildman–Crippen MR) is 82.9 cm³/mol. The Morgan fingerprint density at radius 2 is 2.09 bits per heavy atom. The molecule has 0 unspecified atom stereocenters. The Bertz CT molecular complexity index is 731. The number of likely N-dealkylation sites (N-methyl/N-ethyl adjacent to an activating group) is 1. The third-order valence-corrected chi connectivity index (χ3v) is 3.94. The molecule has 0 saturated carbocycles. The number of halogens is 1. The lowest BCUT2D eigenvalue weighted by molar-refractivity contribution is -0.385. The molecule has 0 atom stereocenters. The lowest BCUT2D eigenvalue weighted by Crippen LogP contribution is -2.45. The van der Waals surface area contributed by atoms with Gasteiger partial charge in [0.25, 0.3) is 0 Å². The Hall–Kier alpha value is -2.42. The molecule has 2 aromatic heterocycles. The largest absolute Gasteiger partial charge is 0.338 e. The summed E-state index contributed by atoms with van der Waals surface area (Å²) in [6.07, 6.45) is 3.87. The van der Waals surface area contributed by atoms with Crippen LogP contribution in [0.15, 0.2) is 18.6 Å². The number of carbonyl (C=O) groups excluding carboxylic acids is 1. The molecule has 9 nitrogen and oxygen atoms in total. The van der Waals surface area contributed by atoms with Gasteiger partial charge in [0, 0.05) is 14.1 Å². The van der Waals surface area contributed by atoms with Crippen molar-refractivity contribution in [2.24, 2.45) is 7.05 Å². The van der Waals surface area contributed by atoms with Crippen LogP contribution in [0.5, 0.6) is 0 Å². The molecule has 0 aliphatic rings. The molecule has 1 amide bonds. The second-order valence-corrected chi connectivity index (χ2v) is 6.09. The number of aryl methyl sites for hydroxylation is 1. The monoisotopic (exact) mass is 340 g/mol. The average molecular weight is 341 g/mol. The summed E-state index contributed by atoms with van der Waals surface area (Å²) < 4.78 is 2.88. The SMILES string of the molecule is CN(Cc1c(Cl)cnn1C)C(=O)C(C)(C)n1cc([N+](=O)[O-])cn1. The van der Waals surface area contributed by atoms with Crippen LogP contribution in [0, 0.1) is 10.1 Å². The number of aromatic nitrogens is 4. The first kappa shape index (κ1) is 16.9. The number of nitrogens with zero attached hydrogens (tertiary/aromatic N) is 6. The number of amides is 1. The topological polar surface area (TPSA) is 99.1 Å². The Morgan fingerprint density at radius 1 is 1.43 bits per heavy atom. The van der Waals surface area contributed by atoms with Gasteiger partial charge in [-0.1, -0.05) is 11.6 Å². The van der Waals surface area contributed by atoms with Crippen molar-refractivity contribution in [1.82, 2.24) is 24.5 Å². The van der Waals surface area contributed by atoms with Crippen molar-refractivity contribution in [2.45, 2.75) is 25.9 Å². The summed E-state index contributed by atoms with van der Waals surface area (Å²) in [5, 5.41) is 19.2. The first-order valence-corrected chi connectivity index (χ1v) is 7.14. The normalized spacial score (nSPS) is 11.5. The van der Waals surface area contributed by atoms with Crippen LogP contribution in [-0.2, 0) is 23.9 Å². The van der Waals surface area contributed by atoms with Gasteiger partial charge < -0.3 is 4.90 Å². The van der Waals surface area contributed by atoms with Crippen molar-refractivity contribution in [3.05, 3.63) is 39.4 Å². The summed E-state index contributed by atoms with van der Waals surface area (Å²) in [4.78, 5) is 24.4. The Labute approximate surface area is 137 Å². The van der Waals surface area contributed by atoms with Crippen molar-refractivity contribution >= 4 is 23.2 Å². The van der Waals surface area contributed by atoms with Crippen molar-refractivity contribution in [3.63, 3.8) is 0 Å². The molecule has 0 aromatic carbocycles. The van der Waals surface area contributed by atoms with Crippen LogP contribution in [0.25, 0.3) is 0 Å². The summed E-state index contributed by atoms with van der Waals surface area (Å²) in [5.74, 6) is -0.257. The summed E-state index contributed by atoms with van der Waals surface area (Å²) in [6, 6.07) is 0. The molecule has 0 N–H and O–H groups in total. The van der Waals surface area contributed by atoms with Crippen LogP contribution < -0.4 is 0 Å². The van der Waals surface area contributed by atoms with E-state index >= 15 is 0 Å². The minimum atomic E-state index is -1.08. The van der Waals surface area contributed by atoms with Gasteiger partial charge in [-0.15, -0.1) is 0 Å². The van der Waals surface area contributed by atoms with E-state index in [0.29, 0.717) is 10.7 Å². The fourth-order valence-corrected chi connectivity index (χ4v) is 2.41. The molecule has 2 aromatic rings. The molecule has 124 valence electrons. The zero-order valence-electron chi connectivity index (χ0n) is 13.2. The zero-order valence-corrected chi connectivity index (χ0v) is 14.0. The van der Waals surface area contributed by atoms with Gasteiger partial charge in [-0.3, -0.25) is 24.3 Å². The lowest BCUT2D eigenvalue weighted by atomic mass is 10.0. The Balaban J connectivity index is 2.21. The molecule has 0 spiro atoms. The number of carbonyl (C=O) groups is 1. The third kappa shape index (κ3) is 3.19. The molecular formula is C13H17ClN6O3. The van der Waals surface area contributed by atoms with E-state index < -0.39 is 10.5 Å². The minimum absolute atomic E-state index is 0.164. The second kappa shape index (κ2) is 5.99. The van der Waals surface area contributed by atoms with E-state index in [1.165, 1.54) is 22.0 Å². The van der Waals surface area contributed by atoms with E-state index in [0.717, 1.165) is 6.20 Å².